The van der Waals surface area contributed by atoms with Crippen LogP contribution in [0.3, 0.4) is 0 Å². The normalized spacial score (nSPS) is 25.1. The molecule has 0 heterocycles. The van der Waals surface area contributed by atoms with Gasteiger partial charge in [0.2, 0.25) is 0 Å². The average molecular weight is 208 g/mol. The number of hydrogen-bond donors (Lipinski definition) is 2. The van der Waals surface area contributed by atoms with Crippen LogP contribution in [-0.4, -0.2) is 30.8 Å². The van der Waals surface area contributed by atoms with Crippen molar-refractivity contribution in [1.29, 1.82) is 0 Å². The Labute approximate surface area is 81.2 Å². The highest BCUT2D eigenvalue weighted by Gasteiger charge is 2.62. The summed E-state index contributed by atoms with van der Waals surface area (Å²) in [5, 5.41) is 5.78. The lowest BCUT2D eigenvalue weighted by Crippen LogP contribution is -2.47. The molecule has 2 saturated carbocycles. The minimum absolute atomic E-state index is 0.236. The largest absolute Gasteiger partial charge is 0.406 e. The third-order valence-corrected chi connectivity index (χ3v) is 2.89. The minimum atomic E-state index is -4.08. The Hall–Kier alpha value is -0.290. The van der Waals surface area contributed by atoms with Crippen molar-refractivity contribution in [2.24, 2.45) is 0 Å². The van der Waals surface area contributed by atoms with E-state index in [4.69, 9.17) is 0 Å². The predicted octanol–water partition coefficient (Wildman–Crippen LogP) is 1.42. The summed E-state index contributed by atoms with van der Waals surface area (Å²) in [6.07, 6.45) is -1.26. The first kappa shape index (κ1) is 10.2. The van der Waals surface area contributed by atoms with Gasteiger partial charge in [-0.05, 0) is 25.7 Å². The van der Waals surface area contributed by atoms with Crippen LogP contribution < -0.4 is 10.6 Å². The van der Waals surface area contributed by atoms with Crippen molar-refractivity contribution in [3.8, 4) is 0 Å². The first-order valence-electron chi connectivity index (χ1n) is 5.09. The van der Waals surface area contributed by atoms with Crippen LogP contribution >= 0.6 is 0 Å². The van der Waals surface area contributed by atoms with Crippen LogP contribution in [0.1, 0.15) is 25.7 Å². The van der Waals surface area contributed by atoms with Gasteiger partial charge in [0.25, 0.3) is 0 Å². The van der Waals surface area contributed by atoms with E-state index in [-0.39, 0.29) is 12.8 Å². The number of nitrogens with one attached hydrogen (secondary N) is 2. The molecule has 2 rings (SSSR count). The fraction of sp³-hybridized carbons (Fsp3) is 1.00. The van der Waals surface area contributed by atoms with E-state index in [1.165, 1.54) is 12.8 Å². The number of rotatable bonds is 5. The Morgan fingerprint density at radius 1 is 1.14 bits per heavy atom. The van der Waals surface area contributed by atoms with E-state index in [1.54, 1.807) is 0 Å². The van der Waals surface area contributed by atoms with Crippen LogP contribution in [0.2, 0.25) is 0 Å². The summed E-state index contributed by atoms with van der Waals surface area (Å²) in [5.41, 5.74) is -1.54. The highest BCUT2D eigenvalue weighted by molar-refractivity contribution is 5.07. The van der Waals surface area contributed by atoms with E-state index in [0.29, 0.717) is 19.1 Å². The second-order valence-electron chi connectivity index (χ2n) is 4.24. The number of hydrogen-bond acceptors (Lipinski definition) is 2. The maximum absolute atomic E-state index is 12.4. The van der Waals surface area contributed by atoms with Gasteiger partial charge in [-0.25, -0.2) is 0 Å². The molecule has 0 radical (unpaired) electrons. The molecule has 0 saturated heterocycles. The summed E-state index contributed by atoms with van der Waals surface area (Å²) < 4.78 is 37.2. The van der Waals surface area contributed by atoms with E-state index in [1.807, 2.05) is 0 Å². The SMILES string of the molecule is FC(F)(F)C1(NCCNC2CC2)CC1. The van der Waals surface area contributed by atoms with Gasteiger partial charge in [-0.2, -0.15) is 13.2 Å². The van der Waals surface area contributed by atoms with Crippen LogP contribution in [-0.2, 0) is 0 Å². The summed E-state index contributed by atoms with van der Waals surface area (Å²) in [6, 6.07) is 0.567. The molecule has 2 N–H and O–H groups in total. The molecule has 2 aliphatic carbocycles. The molecule has 2 aliphatic rings. The third-order valence-electron chi connectivity index (χ3n) is 2.89. The third kappa shape index (κ3) is 2.20. The molecule has 14 heavy (non-hydrogen) atoms. The van der Waals surface area contributed by atoms with E-state index in [0.717, 1.165) is 0 Å². The van der Waals surface area contributed by atoms with Gasteiger partial charge in [0.15, 0.2) is 0 Å². The zero-order chi connectivity index (χ0) is 10.2. The van der Waals surface area contributed by atoms with Crippen molar-refractivity contribution in [3.05, 3.63) is 0 Å². The van der Waals surface area contributed by atoms with Gasteiger partial charge in [-0.3, -0.25) is 0 Å². The molecule has 0 amide bonds. The van der Waals surface area contributed by atoms with Gasteiger partial charge < -0.3 is 10.6 Å². The van der Waals surface area contributed by atoms with Gasteiger partial charge in [0, 0.05) is 19.1 Å². The van der Waals surface area contributed by atoms with Crippen molar-refractivity contribution in [2.75, 3.05) is 13.1 Å². The fourth-order valence-electron chi connectivity index (χ4n) is 1.55. The molecule has 0 spiro atoms. The van der Waals surface area contributed by atoms with Crippen molar-refractivity contribution in [2.45, 2.75) is 43.4 Å². The molecule has 0 aromatic rings. The van der Waals surface area contributed by atoms with E-state index < -0.39 is 11.7 Å². The maximum Gasteiger partial charge on any atom is 0.406 e. The van der Waals surface area contributed by atoms with Crippen LogP contribution in [0.4, 0.5) is 13.2 Å². The Morgan fingerprint density at radius 3 is 2.21 bits per heavy atom. The van der Waals surface area contributed by atoms with E-state index in [2.05, 4.69) is 10.6 Å². The summed E-state index contributed by atoms with van der Waals surface area (Å²) in [5.74, 6) is 0. The second kappa shape index (κ2) is 3.38. The average Bonchev–Trinajstić information content (AvgIpc) is 2.93. The molecule has 2 nitrogen and oxygen atoms in total. The molecule has 5 heteroatoms. The Kier molecular flexibility index (Phi) is 2.47. The summed E-state index contributed by atoms with van der Waals surface area (Å²) in [7, 11) is 0. The number of halogens is 3. The lowest BCUT2D eigenvalue weighted by molar-refractivity contribution is -0.165. The number of alkyl halides is 3. The first-order valence-corrected chi connectivity index (χ1v) is 5.09. The van der Waals surface area contributed by atoms with Crippen molar-refractivity contribution >= 4 is 0 Å². The van der Waals surface area contributed by atoms with Crippen LogP contribution in [0.25, 0.3) is 0 Å². The quantitative estimate of drug-likeness (QED) is 0.668. The first-order chi connectivity index (χ1) is 6.54. The maximum atomic E-state index is 12.4. The lowest BCUT2D eigenvalue weighted by atomic mass is 10.2. The predicted molar refractivity (Wildman–Crippen MR) is 47.0 cm³/mol. The second-order valence-corrected chi connectivity index (χ2v) is 4.24. The zero-order valence-corrected chi connectivity index (χ0v) is 7.95. The highest BCUT2D eigenvalue weighted by Crippen LogP contribution is 2.48. The molecule has 0 aromatic heterocycles. The molecule has 0 atom stereocenters. The molecule has 2 fully saturated rings. The Balaban J connectivity index is 1.64. The molecule has 0 aromatic carbocycles. The molecule has 0 aliphatic heterocycles. The summed E-state index contributed by atoms with van der Waals surface area (Å²) >= 11 is 0. The van der Waals surface area contributed by atoms with Gasteiger partial charge in [0.1, 0.15) is 5.54 Å². The van der Waals surface area contributed by atoms with Crippen molar-refractivity contribution in [3.63, 3.8) is 0 Å². The lowest BCUT2D eigenvalue weighted by Gasteiger charge is -2.20. The van der Waals surface area contributed by atoms with Gasteiger partial charge in [-0.15, -0.1) is 0 Å². The smallest absolute Gasteiger partial charge is 0.313 e. The van der Waals surface area contributed by atoms with Crippen molar-refractivity contribution < 1.29 is 13.2 Å². The summed E-state index contributed by atoms with van der Waals surface area (Å²) in [4.78, 5) is 0. The van der Waals surface area contributed by atoms with E-state index >= 15 is 0 Å². The zero-order valence-electron chi connectivity index (χ0n) is 7.95. The van der Waals surface area contributed by atoms with Crippen LogP contribution in [0.15, 0.2) is 0 Å². The Bertz CT molecular complexity index is 207. The fourth-order valence-corrected chi connectivity index (χ4v) is 1.55. The van der Waals surface area contributed by atoms with Gasteiger partial charge in [-0.1, -0.05) is 0 Å². The van der Waals surface area contributed by atoms with Gasteiger partial charge >= 0.3 is 6.18 Å². The molecular weight excluding hydrogens is 193 g/mol. The summed E-state index contributed by atoms with van der Waals surface area (Å²) in [6.45, 7) is 1.05. The molecule has 0 unspecified atom stereocenters. The Morgan fingerprint density at radius 2 is 1.79 bits per heavy atom. The standard InChI is InChI=1S/C9H15F3N2/c10-9(11,12)8(3-4-8)14-6-5-13-7-1-2-7/h7,13-14H,1-6H2. The van der Waals surface area contributed by atoms with Crippen LogP contribution in [0, 0.1) is 0 Å². The van der Waals surface area contributed by atoms with Crippen molar-refractivity contribution in [1.82, 2.24) is 10.6 Å². The van der Waals surface area contributed by atoms with E-state index in [9.17, 15) is 13.2 Å². The van der Waals surface area contributed by atoms with Gasteiger partial charge in [0.05, 0.1) is 0 Å². The molecular formula is C9H15F3N2. The highest BCUT2D eigenvalue weighted by atomic mass is 19.4. The molecule has 0 bridgehead atoms. The molecule has 82 valence electrons. The monoisotopic (exact) mass is 208 g/mol. The topological polar surface area (TPSA) is 24.1 Å². The van der Waals surface area contributed by atoms with Crippen LogP contribution in [0.5, 0.6) is 0 Å². The minimum Gasteiger partial charge on any atom is -0.313 e.